The minimum absolute atomic E-state index is 0.265. The molecule has 0 bridgehead atoms. The zero-order valence-corrected chi connectivity index (χ0v) is 6.99. The van der Waals surface area contributed by atoms with Crippen molar-refractivity contribution >= 4 is 5.97 Å². The highest BCUT2D eigenvalue weighted by Gasteiger charge is 2.30. The Hall–Kier alpha value is -1.49. The van der Waals surface area contributed by atoms with Gasteiger partial charge in [0, 0.05) is 11.8 Å². The predicted octanol–water partition coefficient (Wildman–Crippen LogP) is 0.479. The molecule has 0 aromatic carbocycles. The lowest BCUT2D eigenvalue weighted by atomic mass is 9.95. The average molecular weight is 184 g/mol. The molecule has 1 aromatic heterocycles. The van der Waals surface area contributed by atoms with E-state index in [1.807, 2.05) is 0 Å². The van der Waals surface area contributed by atoms with Gasteiger partial charge in [0.05, 0.1) is 0 Å². The number of carboxylic acid groups (broad SMARTS) is 1. The van der Waals surface area contributed by atoms with E-state index in [-0.39, 0.29) is 5.56 Å². The Morgan fingerprint density at radius 1 is 1.69 bits per heavy atom. The van der Waals surface area contributed by atoms with Crippen LogP contribution < -0.4 is 5.73 Å². The van der Waals surface area contributed by atoms with Gasteiger partial charge in [-0.2, -0.15) is 4.39 Å². The standard InChI is InChI=1S/C8H9FN2O2/c1-8(10,7(12)13)5-2-3-6(9)11-4-5/h2-4H,10H2,1H3,(H,12,13)/t8-/m0/s1. The summed E-state index contributed by atoms with van der Waals surface area (Å²) in [5.74, 6) is -1.84. The lowest BCUT2D eigenvalue weighted by Gasteiger charge is -2.18. The fraction of sp³-hybridized carbons (Fsp3) is 0.250. The van der Waals surface area contributed by atoms with Gasteiger partial charge in [-0.05, 0) is 13.0 Å². The molecule has 5 heteroatoms. The van der Waals surface area contributed by atoms with E-state index in [1.54, 1.807) is 0 Å². The molecule has 3 N–H and O–H groups in total. The van der Waals surface area contributed by atoms with Crippen molar-refractivity contribution in [1.29, 1.82) is 0 Å². The lowest BCUT2D eigenvalue weighted by Crippen LogP contribution is -2.41. The van der Waals surface area contributed by atoms with Crippen molar-refractivity contribution in [3.05, 3.63) is 29.8 Å². The highest BCUT2D eigenvalue weighted by Crippen LogP contribution is 2.16. The van der Waals surface area contributed by atoms with Gasteiger partial charge in [-0.15, -0.1) is 0 Å². The van der Waals surface area contributed by atoms with Gasteiger partial charge < -0.3 is 10.8 Å². The average Bonchev–Trinajstić information content (AvgIpc) is 2.04. The largest absolute Gasteiger partial charge is 0.480 e. The highest BCUT2D eigenvalue weighted by atomic mass is 19.1. The van der Waals surface area contributed by atoms with Gasteiger partial charge >= 0.3 is 5.97 Å². The fourth-order valence-corrected chi connectivity index (χ4v) is 0.806. The second-order valence-corrected chi connectivity index (χ2v) is 2.88. The van der Waals surface area contributed by atoms with Crippen LogP contribution in [0.25, 0.3) is 0 Å². The van der Waals surface area contributed by atoms with Crippen molar-refractivity contribution in [2.45, 2.75) is 12.5 Å². The van der Waals surface area contributed by atoms with Crippen LogP contribution in [-0.2, 0) is 10.3 Å². The maximum absolute atomic E-state index is 12.4. The van der Waals surface area contributed by atoms with E-state index in [0.717, 1.165) is 12.3 Å². The number of carbonyl (C=O) groups is 1. The maximum atomic E-state index is 12.4. The Balaban J connectivity index is 3.08. The molecule has 1 atom stereocenters. The molecule has 0 unspecified atom stereocenters. The molecule has 1 rings (SSSR count). The molecule has 0 aliphatic rings. The van der Waals surface area contributed by atoms with Crippen LogP contribution in [0.3, 0.4) is 0 Å². The summed E-state index contributed by atoms with van der Waals surface area (Å²) in [6.07, 6.45) is 1.11. The van der Waals surface area contributed by atoms with Crippen LogP contribution in [-0.4, -0.2) is 16.1 Å². The van der Waals surface area contributed by atoms with E-state index in [1.165, 1.54) is 13.0 Å². The molecule has 13 heavy (non-hydrogen) atoms. The summed E-state index contributed by atoms with van der Waals surface area (Å²) in [6, 6.07) is 2.37. The molecule has 1 aromatic rings. The third kappa shape index (κ3) is 1.81. The maximum Gasteiger partial charge on any atom is 0.328 e. The Morgan fingerprint density at radius 3 is 2.69 bits per heavy atom. The summed E-state index contributed by atoms with van der Waals surface area (Å²) in [6.45, 7) is 1.32. The lowest BCUT2D eigenvalue weighted by molar-refractivity contribution is -0.143. The van der Waals surface area contributed by atoms with Gasteiger partial charge in [0.1, 0.15) is 5.54 Å². The number of nitrogens with zero attached hydrogens (tertiary/aromatic N) is 1. The van der Waals surface area contributed by atoms with Gasteiger partial charge in [0.15, 0.2) is 0 Å². The predicted molar refractivity (Wildman–Crippen MR) is 43.4 cm³/mol. The van der Waals surface area contributed by atoms with E-state index >= 15 is 0 Å². The first-order valence-electron chi connectivity index (χ1n) is 3.59. The molecule has 0 fully saturated rings. The van der Waals surface area contributed by atoms with Crippen LogP contribution >= 0.6 is 0 Å². The molecule has 0 saturated heterocycles. The van der Waals surface area contributed by atoms with Crippen molar-refractivity contribution in [2.75, 3.05) is 0 Å². The molecule has 0 amide bonds. The Morgan fingerprint density at radius 2 is 2.31 bits per heavy atom. The van der Waals surface area contributed by atoms with E-state index in [4.69, 9.17) is 10.8 Å². The minimum atomic E-state index is -1.53. The molecule has 0 aliphatic heterocycles. The van der Waals surface area contributed by atoms with E-state index in [9.17, 15) is 9.18 Å². The van der Waals surface area contributed by atoms with E-state index in [2.05, 4.69) is 4.98 Å². The quantitative estimate of drug-likeness (QED) is 0.655. The van der Waals surface area contributed by atoms with Crippen molar-refractivity contribution < 1.29 is 14.3 Å². The Labute approximate surface area is 74.2 Å². The number of hydrogen-bond acceptors (Lipinski definition) is 3. The highest BCUT2D eigenvalue weighted by molar-refractivity contribution is 5.79. The van der Waals surface area contributed by atoms with E-state index in [0.29, 0.717) is 0 Å². The normalized spacial score (nSPS) is 15.0. The van der Waals surface area contributed by atoms with Crippen molar-refractivity contribution in [3.63, 3.8) is 0 Å². The topological polar surface area (TPSA) is 76.2 Å². The van der Waals surface area contributed by atoms with Gasteiger partial charge in [-0.3, -0.25) is 0 Å². The molecule has 0 saturated carbocycles. The van der Waals surface area contributed by atoms with Crippen LogP contribution in [0, 0.1) is 5.95 Å². The molecule has 0 radical (unpaired) electrons. The van der Waals surface area contributed by atoms with Crippen LogP contribution in [0.15, 0.2) is 18.3 Å². The first-order valence-corrected chi connectivity index (χ1v) is 3.59. The number of aromatic nitrogens is 1. The molecule has 0 spiro atoms. The van der Waals surface area contributed by atoms with E-state index < -0.39 is 17.5 Å². The number of aliphatic carboxylic acids is 1. The molecule has 1 heterocycles. The summed E-state index contributed by atoms with van der Waals surface area (Å²) < 4.78 is 12.4. The zero-order valence-electron chi connectivity index (χ0n) is 6.99. The molecule has 4 nitrogen and oxygen atoms in total. The molecular formula is C8H9FN2O2. The van der Waals surface area contributed by atoms with Crippen LogP contribution in [0.1, 0.15) is 12.5 Å². The van der Waals surface area contributed by atoms with Crippen molar-refractivity contribution in [3.8, 4) is 0 Å². The fourth-order valence-electron chi connectivity index (χ4n) is 0.806. The number of hydrogen-bond donors (Lipinski definition) is 2. The number of halogens is 1. The summed E-state index contributed by atoms with van der Waals surface area (Å²) in [5.41, 5.74) is 4.21. The second-order valence-electron chi connectivity index (χ2n) is 2.88. The third-order valence-electron chi connectivity index (χ3n) is 1.77. The van der Waals surface area contributed by atoms with Gasteiger partial charge in [0.2, 0.25) is 5.95 Å². The van der Waals surface area contributed by atoms with Crippen molar-refractivity contribution in [1.82, 2.24) is 4.98 Å². The zero-order chi connectivity index (χ0) is 10.1. The molecular weight excluding hydrogens is 175 g/mol. The first-order chi connectivity index (χ1) is 5.94. The first kappa shape index (κ1) is 9.60. The Bertz CT molecular complexity index is 321. The molecule has 70 valence electrons. The minimum Gasteiger partial charge on any atom is -0.480 e. The van der Waals surface area contributed by atoms with Crippen molar-refractivity contribution in [2.24, 2.45) is 5.73 Å². The number of pyridine rings is 1. The smallest absolute Gasteiger partial charge is 0.328 e. The summed E-state index contributed by atoms with van der Waals surface area (Å²) in [4.78, 5) is 14.0. The monoisotopic (exact) mass is 184 g/mol. The Kier molecular flexibility index (Phi) is 2.29. The van der Waals surface area contributed by atoms with Crippen LogP contribution in [0.2, 0.25) is 0 Å². The SMILES string of the molecule is C[C@@](N)(C(=O)O)c1ccc(F)nc1. The number of nitrogens with two attached hydrogens (primary N) is 1. The number of carboxylic acids is 1. The third-order valence-corrected chi connectivity index (χ3v) is 1.77. The molecule has 0 aliphatic carbocycles. The number of rotatable bonds is 2. The summed E-state index contributed by atoms with van der Waals surface area (Å²) in [5, 5.41) is 8.72. The summed E-state index contributed by atoms with van der Waals surface area (Å²) in [7, 11) is 0. The summed E-state index contributed by atoms with van der Waals surface area (Å²) >= 11 is 0. The van der Waals surface area contributed by atoms with Crippen LogP contribution in [0.4, 0.5) is 4.39 Å². The van der Waals surface area contributed by atoms with Gasteiger partial charge in [-0.1, -0.05) is 6.07 Å². The van der Waals surface area contributed by atoms with Gasteiger partial charge in [-0.25, -0.2) is 9.78 Å². The second kappa shape index (κ2) is 3.10. The van der Waals surface area contributed by atoms with Crippen LogP contribution in [0.5, 0.6) is 0 Å². The van der Waals surface area contributed by atoms with Gasteiger partial charge in [0.25, 0.3) is 0 Å².